The van der Waals surface area contributed by atoms with Crippen LogP contribution < -0.4 is 26.2 Å². The van der Waals surface area contributed by atoms with Crippen molar-refractivity contribution in [3.05, 3.63) is 64.8 Å². The van der Waals surface area contributed by atoms with E-state index in [9.17, 15) is 14.4 Å². The number of nitrogens with two attached hydrogens (primary N) is 2. The number of nitrogen functional groups attached to an aromatic ring is 2. The second kappa shape index (κ2) is 12.8. The van der Waals surface area contributed by atoms with Gasteiger partial charge in [-0.2, -0.15) is 4.98 Å². The fourth-order valence-electron chi connectivity index (χ4n) is 2.89. The van der Waals surface area contributed by atoms with Gasteiger partial charge in [-0.25, -0.2) is 4.98 Å². The van der Waals surface area contributed by atoms with Gasteiger partial charge in [0.25, 0.3) is 0 Å². The number of hydrogen-bond acceptors (Lipinski definition) is 7. The van der Waals surface area contributed by atoms with Crippen molar-refractivity contribution in [1.29, 1.82) is 0 Å². The molecule has 9 nitrogen and oxygen atoms in total. The molecule has 0 fully saturated rings. The van der Waals surface area contributed by atoms with Crippen molar-refractivity contribution in [2.45, 2.75) is 6.42 Å². The molecule has 2 radical (unpaired) electrons. The van der Waals surface area contributed by atoms with Crippen LogP contribution in [0.2, 0.25) is 0 Å². The second-order valence-corrected chi connectivity index (χ2v) is 8.14. The molecule has 33 heavy (non-hydrogen) atoms. The van der Waals surface area contributed by atoms with Crippen LogP contribution in [0.15, 0.2) is 42.6 Å². The van der Waals surface area contributed by atoms with Crippen molar-refractivity contribution < 1.29 is 23.8 Å². The third-order valence-electron chi connectivity index (χ3n) is 4.40. The fraction of sp³-hybridized carbons (Fsp3) is 0.143. The Labute approximate surface area is 236 Å². The molecule has 0 aliphatic carbocycles. The van der Waals surface area contributed by atoms with E-state index in [1.54, 1.807) is 18.3 Å². The molecule has 0 bridgehead atoms. The minimum atomic E-state index is -4.30. The van der Waals surface area contributed by atoms with Crippen molar-refractivity contribution in [2.75, 3.05) is 25.7 Å². The number of aromatic nitrogens is 2. The molecule has 3 aromatic rings. The van der Waals surface area contributed by atoms with E-state index in [4.69, 9.17) is 20.9 Å². The van der Waals surface area contributed by atoms with Gasteiger partial charge in [-0.1, -0.05) is 11.8 Å². The van der Waals surface area contributed by atoms with Crippen molar-refractivity contribution >= 4 is 83.8 Å². The molecular weight excluding hydrogens is 465 g/mol. The van der Waals surface area contributed by atoms with Crippen molar-refractivity contribution in [3.63, 3.8) is 0 Å². The van der Waals surface area contributed by atoms with Crippen LogP contribution in [0, 0.1) is 11.8 Å². The van der Waals surface area contributed by atoms with Crippen LogP contribution in [-0.2, 0) is 11.0 Å². The monoisotopic (exact) mass is 486 g/mol. The SMILES string of the molecule is COc1cc(Cc2cnc(N)nc2N)cc(C#Cc2ccc(P(=O)(O)O)cc2)c1OC.[Na].[Na]. The molecule has 2 aromatic carbocycles. The molecule has 1 aromatic heterocycles. The maximum atomic E-state index is 11.3. The smallest absolute Gasteiger partial charge is 0.356 e. The molecule has 12 heteroatoms. The van der Waals surface area contributed by atoms with Crippen LogP contribution in [0.1, 0.15) is 22.3 Å². The predicted molar refractivity (Wildman–Crippen MR) is 129 cm³/mol. The van der Waals surface area contributed by atoms with Gasteiger partial charge in [-0.05, 0) is 42.0 Å². The van der Waals surface area contributed by atoms with E-state index < -0.39 is 7.60 Å². The average Bonchev–Trinajstić information content (AvgIpc) is 2.73. The normalized spacial score (nSPS) is 10.2. The first-order valence-corrected chi connectivity index (χ1v) is 10.6. The van der Waals surface area contributed by atoms with Crippen LogP contribution in [0.4, 0.5) is 11.8 Å². The maximum absolute atomic E-state index is 11.3. The van der Waals surface area contributed by atoms with E-state index in [-0.39, 0.29) is 70.4 Å². The van der Waals surface area contributed by atoms with E-state index >= 15 is 0 Å². The fourth-order valence-corrected chi connectivity index (χ4v) is 3.42. The standard InChI is InChI=1S/C21H21N4O5P.2Na/c1-29-18-11-14(10-16-12-24-21(23)25-20(16)22)9-15(19(18)30-2)6-3-13-4-7-17(8-5-13)31(26,27)28;;/h4-5,7-9,11-12H,10H2,1-2H3,(H2,26,27,28)(H4,22,23,24,25);;. The number of methoxy groups -OCH3 is 2. The molecule has 0 saturated heterocycles. The van der Waals surface area contributed by atoms with Crippen LogP contribution >= 0.6 is 7.60 Å². The number of hydrogen-bond donors (Lipinski definition) is 4. The van der Waals surface area contributed by atoms with Gasteiger partial charge in [0.2, 0.25) is 5.95 Å². The summed E-state index contributed by atoms with van der Waals surface area (Å²) in [6, 6.07) is 9.44. The third kappa shape index (κ3) is 7.72. The molecule has 1 heterocycles. The zero-order valence-electron chi connectivity index (χ0n) is 18.9. The first-order valence-electron chi connectivity index (χ1n) is 9.01. The summed E-state index contributed by atoms with van der Waals surface area (Å²) >= 11 is 0. The zero-order chi connectivity index (χ0) is 22.6. The summed E-state index contributed by atoms with van der Waals surface area (Å²) in [6.45, 7) is 0. The summed E-state index contributed by atoms with van der Waals surface area (Å²) in [7, 11) is -1.25. The van der Waals surface area contributed by atoms with Gasteiger partial charge in [-0.15, -0.1) is 0 Å². The number of nitrogens with zero attached hydrogens (tertiary/aromatic N) is 2. The molecule has 0 amide bonds. The molecule has 0 spiro atoms. The Balaban J connectivity index is 0.00000272. The van der Waals surface area contributed by atoms with Gasteiger partial charge in [0.05, 0.1) is 25.1 Å². The summed E-state index contributed by atoms with van der Waals surface area (Å²) < 4.78 is 22.2. The number of ether oxygens (including phenoxy) is 2. The van der Waals surface area contributed by atoms with Crippen LogP contribution in [0.3, 0.4) is 0 Å². The summed E-state index contributed by atoms with van der Waals surface area (Å²) in [5.41, 5.74) is 14.2. The molecular formula is C21H21N4Na2O5P. The molecule has 0 atom stereocenters. The van der Waals surface area contributed by atoms with E-state index in [1.807, 2.05) is 12.1 Å². The van der Waals surface area contributed by atoms with Gasteiger partial charge in [0.1, 0.15) is 5.82 Å². The van der Waals surface area contributed by atoms with Crippen molar-refractivity contribution in [1.82, 2.24) is 9.97 Å². The minimum absolute atomic E-state index is 0. The Kier molecular flexibility index (Phi) is 11.4. The van der Waals surface area contributed by atoms with Gasteiger partial charge in [0, 0.05) is 82.9 Å². The van der Waals surface area contributed by atoms with Crippen molar-refractivity contribution in [2.24, 2.45) is 0 Å². The first kappa shape index (κ1) is 29.5. The summed E-state index contributed by atoms with van der Waals surface area (Å²) in [5.74, 6) is 7.36. The van der Waals surface area contributed by atoms with E-state index in [1.165, 1.54) is 26.4 Å². The maximum Gasteiger partial charge on any atom is 0.356 e. The Morgan fingerprint density at radius 1 is 1.03 bits per heavy atom. The van der Waals surface area contributed by atoms with Crippen LogP contribution in [-0.4, -0.2) is 93.1 Å². The summed E-state index contributed by atoms with van der Waals surface area (Å²) in [6.07, 6.45) is 2.00. The van der Waals surface area contributed by atoms with Crippen LogP contribution in [0.5, 0.6) is 11.5 Å². The Morgan fingerprint density at radius 3 is 2.24 bits per heavy atom. The molecule has 162 valence electrons. The van der Waals surface area contributed by atoms with E-state index in [2.05, 4.69) is 21.8 Å². The molecule has 0 aliphatic rings. The Hall–Kier alpha value is -1.57. The van der Waals surface area contributed by atoms with Crippen molar-refractivity contribution in [3.8, 4) is 23.3 Å². The topological polar surface area (TPSA) is 154 Å². The van der Waals surface area contributed by atoms with E-state index in [0.717, 1.165) is 5.56 Å². The Morgan fingerprint density at radius 2 is 1.70 bits per heavy atom. The Bertz CT molecular complexity index is 1220. The molecule has 3 rings (SSSR count). The predicted octanol–water partition coefficient (Wildman–Crippen LogP) is 0.690. The molecule has 0 aliphatic heterocycles. The molecule has 0 saturated carbocycles. The molecule has 0 unspecified atom stereocenters. The van der Waals surface area contributed by atoms with Gasteiger partial charge >= 0.3 is 7.60 Å². The average molecular weight is 486 g/mol. The first-order chi connectivity index (χ1) is 14.7. The third-order valence-corrected chi connectivity index (χ3v) is 5.37. The van der Waals surface area contributed by atoms with E-state index in [0.29, 0.717) is 40.4 Å². The second-order valence-electron chi connectivity index (χ2n) is 6.54. The number of anilines is 2. The van der Waals surface area contributed by atoms with Gasteiger partial charge < -0.3 is 30.7 Å². The summed E-state index contributed by atoms with van der Waals surface area (Å²) in [4.78, 5) is 26.4. The number of rotatable bonds is 5. The number of benzene rings is 2. The van der Waals surface area contributed by atoms with Crippen LogP contribution in [0.25, 0.3) is 0 Å². The quantitative estimate of drug-likeness (QED) is 0.232. The molecule has 6 N–H and O–H groups in total. The summed E-state index contributed by atoms with van der Waals surface area (Å²) in [5, 5.41) is -0.0670. The minimum Gasteiger partial charge on any atom is -0.493 e. The van der Waals surface area contributed by atoms with Gasteiger partial charge in [0.15, 0.2) is 11.5 Å². The zero-order valence-corrected chi connectivity index (χ0v) is 23.8. The largest absolute Gasteiger partial charge is 0.493 e. The van der Waals surface area contributed by atoms with Gasteiger partial charge in [-0.3, -0.25) is 4.57 Å².